The Balaban J connectivity index is 1.38. The monoisotopic (exact) mass is 518 g/mol. The minimum absolute atomic E-state index is 0.111. The minimum Gasteiger partial charge on any atom is -0.379 e. The molecule has 0 radical (unpaired) electrons. The smallest absolute Gasteiger partial charge is 0.253 e. The fourth-order valence-corrected chi connectivity index (χ4v) is 6.60. The topological polar surface area (TPSA) is 77.7 Å². The van der Waals surface area contributed by atoms with E-state index in [1.807, 2.05) is 25.1 Å². The third kappa shape index (κ3) is 5.89. The molecule has 1 aromatic carbocycles. The number of aromatic nitrogens is 1. The van der Waals surface area contributed by atoms with Gasteiger partial charge in [-0.05, 0) is 88.1 Å². The summed E-state index contributed by atoms with van der Waals surface area (Å²) in [7, 11) is 0. The number of nitrogens with one attached hydrogen (secondary N) is 2. The van der Waals surface area contributed by atoms with Crippen molar-refractivity contribution in [3.05, 3.63) is 74.7 Å². The molecule has 2 aliphatic heterocycles. The first-order valence-corrected chi connectivity index (χ1v) is 14.4. The van der Waals surface area contributed by atoms with Crippen molar-refractivity contribution in [2.24, 2.45) is 0 Å². The highest BCUT2D eigenvalue weighted by Gasteiger charge is 2.30. The summed E-state index contributed by atoms with van der Waals surface area (Å²) >= 11 is 0. The van der Waals surface area contributed by atoms with Crippen LogP contribution in [0.5, 0.6) is 0 Å². The van der Waals surface area contributed by atoms with Crippen LogP contribution >= 0.6 is 0 Å². The van der Waals surface area contributed by atoms with Crippen LogP contribution in [0.3, 0.4) is 0 Å². The number of H-pyrrole nitrogens is 1. The van der Waals surface area contributed by atoms with Crippen LogP contribution in [0.1, 0.15) is 71.8 Å². The highest BCUT2D eigenvalue weighted by atomic mass is 16.5. The predicted molar refractivity (Wildman–Crippen MR) is 152 cm³/mol. The number of nitrogens with zero attached hydrogens (tertiary/aromatic N) is 2. The number of hydrogen-bond donors (Lipinski definition) is 2. The second kappa shape index (κ2) is 12.3. The van der Waals surface area contributed by atoms with Gasteiger partial charge in [-0.25, -0.2) is 0 Å². The molecule has 38 heavy (non-hydrogen) atoms. The number of amides is 1. The number of pyridine rings is 1. The molecular formula is C31H42N4O3. The van der Waals surface area contributed by atoms with Gasteiger partial charge in [0.1, 0.15) is 0 Å². The molecule has 7 nitrogen and oxygen atoms in total. The number of aromatic amines is 1. The average Bonchev–Trinajstić information content (AvgIpc) is 2.93. The maximum Gasteiger partial charge on any atom is 0.253 e. The van der Waals surface area contributed by atoms with Gasteiger partial charge in [-0.2, -0.15) is 0 Å². The average molecular weight is 519 g/mol. The van der Waals surface area contributed by atoms with E-state index in [1.165, 1.54) is 31.4 Å². The van der Waals surface area contributed by atoms with Crippen molar-refractivity contribution in [3.8, 4) is 0 Å². The molecule has 2 fully saturated rings. The van der Waals surface area contributed by atoms with Gasteiger partial charge in [0.05, 0.1) is 13.2 Å². The Morgan fingerprint density at radius 1 is 1.05 bits per heavy atom. The Morgan fingerprint density at radius 3 is 2.61 bits per heavy atom. The Kier molecular flexibility index (Phi) is 8.65. The predicted octanol–water partition coefficient (Wildman–Crippen LogP) is 4.13. The zero-order chi connectivity index (χ0) is 26.5. The van der Waals surface area contributed by atoms with E-state index < -0.39 is 0 Å². The minimum atomic E-state index is -0.117. The first-order chi connectivity index (χ1) is 18.5. The molecule has 1 saturated carbocycles. The molecule has 2 aromatic rings. The summed E-state index contributed by atoms with van der Waals surface area (Å²) in [4.78, 5) is 34.2. The van der Waals surface area contributed by atoms with Gasteiger partial charge in [-0.3, -0.25) is 14.5 Å². The number of hydrogen-bond acceptors (Lipinski definition) is 5. The van der Waals surface area contributed by atoms with Crippen molar-refractivity contribution in [3.63, 3.8) is 0 Å². The van der Waals surface area contributed by atoms with E-state index in [0.717, 1.165) is 68.9 Å². The van der Waals surface area contributed by atoms with E-state index in [1.54, 1.807) is 0 Å². The third-order valence-electron chi connectivity index (χ3n) is 8.57. The standard InChI is InChI=1S/C31H42N4O3/c1-3-35(25-14-12-24(13-15-25)34-16-18-38-19-17-34)29-11-7-10-27-26(29)9-6-4-5-8-23-20-22(2)33-31(37)28(23)21-32-30(27)36/h4,6-7,10-11,20,24-25H,3,5,8-9,12-19,21H2,1-2H3,(H,32,36)(H,33,37)/t24-,25+. The van der Waals surface area contributed by atoms with Crippen LogP contribution in [0.15, 0.2) is 41.2 Å². The van der Waals surface area contributed by atoms with E-state index in [9.17, 15) is 9.59 Å². The maximum absolute atomic E-state index is 13.5. The fraction of sp³-hybridized carbons (Fsp3) is 0.548. The van der Waals surface area contributed by atoms with E-state index in [2.05, 4.69) is 45.2 Å². The van der Waals surface area contributed by atoms with Gasteiger partial charge in [0.2, 0.25) is 0 Å². The van der Waals surface area contributed by atoms with Crippen LogP contribution < -0.4 is 15.8 Å². The summed E-state index contributed by atoms with van der Waals surface area (Å²) in [5.74, 6) is -0.117. The van der Waals surface area contributed by atoms with Crippen molar-refractivity contribution in [1.82, 2.24) is 15.2 Å². The molecular weight excluding hydrogens is 476 g/mol. The van der Waals surface area contributed by atoms with Crippen LogP contribution in [0.25, 0.3) is 0 Å². The van der Waals surface area contributed by atoms with Gasteiger partial charge < -0.3 is 19.9 Å². The molecule has 204 valence electrons. The number of anilines is 1. The first-order valence-electron chi connectivity index (χ1n) is 14.4. The van der Waals surface area contributed by atoms with Gasteiger partial charge >= 0.3 is 0 Å². The summed E-state index contributed by atoms with van der Waals surface area (Å²) in [6.07, 6.45) is 11.5. The number of carbonyl (C=O) groups is 1. The fourth-order valence-electron chi connectivity index (χ4n) is 6.60. The van der Waals surface area contributed by atoms with Crippen molar-refractivity contribution in [2.45, 2.75) is 77.4 Å². The second-order valence-corrected chi connectivity index (χ2v) is 10.9. The molecule has 7 heteroatoms. The van der Waals surface area contributed by atoms with Gasteiger partial charge in [0, 0.05) is 60.8 Å². The number of carbonyl (C=O) groups excluding carboxylic acids is 1. The number of rotatable bonds is 4. The quantitative estimate of drug-likeness (QED) is 0.596. The van der Waals surface area contributed by atoms with Gasteiger partial charge in [-0.15, -0.1) is 0 Å². The molecule has 0 spiro atoms. The maximum atomic E-state index is 13.5. The number of aryl methyl sites for hydroxylation is 2. The first kappa shape index (κ1) is 26.7. The zero-order valence-corrected chi connectivity index (χ0v) is 22.9. The Labute approximate surface area is 226 Å². The second-order valence-electron chi connectivity index (χ2n) is 10.9. The Bertz CT molecular complexity index is 1210. The molecule has 1 aromatic heterocycles. The lowest BCUT2D eigenvalue weighted by atomic mass is 9.88. The van der Waals surface area contributed by atoms with Crippen molar-refractivity contribution >= 4 is 11.6 Å². The van der Waals surface area contributed by atoms with Gasteiger partial charge in [0.15, 0.2) is 0 Å². The van der Waals surface area contributed by atoms with Crippen LogP contribution in [0.2, 0.25) is 0 Å². The van der Waals surface area contributed by atoms with Crippen molar-refractivity contribution in [1.29, 1.82) is 0 Å². The zero-order valence-electron chi connectivity index (χ0n) is 22.9. The molecule has 1 saturated heterocycles. The van der Waals surface area contributed by atoms with Crippen LogP contribution in [0, 0.1) is 6.92 Å². The molecule has 5 rings (SSSR count). The van der Waals surface area contributed by atoms with Gasteiger partial charge in [0.25, 0.3) is 11.5 Å². The number of ether oxygens (including phenoxy) is 1. The molecule has 1 amide bonds. The molecule has 3 heterocycles. The number of allylic oxidation sites excluding steroid dienone is 2. The van der Waals surface area contributed by atoms with E-state index in [4.69, 9.17) is 4.74 Å². The Morgan fingerprint density at radius 2 is 1.84 bits per heavy atom. The summed E-state index contributed by atoms with van der Waals surface area (Å²) in [5.41, 5.74) is 5.36. The number of morpholine rings is 1. The van der Waals surface area contributed by atoms with E-state index in [0.29, 0.717) is 23.2 Å². The van der Waals surface area contributed by atoms with Crippen molar-refractivity contribution < 1.29 is 9.53 Å². The van der Waals surface area contributed by atoms with E-state index in [-0.39, 0.29) is 18.0 Å². The van der Waals surface area contributed by atoms with Crippen LogP contribution in [0.4, 0.5) is 5.69 Å². The SMILES string of the molecule is CCN(c1cccc2c1CC=CCCc1cc(C)[nH]c(=O)c1CNC2=O)[C@H]1CC[C@@H](N2CCOCC2)CC1. The highest BCUT2D eigenvalue weighted by Crippen LogP contribution is 2.33. The lowest BCUT2D eigenvalue weighted by molar-refractivity contribution is 0.00730. The summed E-state index contributed by atoms with van der Waals surface area (Å²) in [6, 6.07) is 9.29. The summed E-state index contributed by atoms with van der Waals surface area (Å²) < 4.78 is 5.56. The van der Waals surface area contributed by atoms with Gasteiger partial charge in [-0.1, -0.05) is 18.2 Å². The molecule has 2 N–H and O–H groups in total. The lowest BCUT2D eigenvalue weighted by Crippen LogP contribution is -2.48. The van der Waals surface area contributed by atoms with Crippen LogP contribution in [-0.4, -0.2) is 60.7 Å². The van der Waals surface area contributed by atoms with Crippen molar-refractivity contribution in [2.75, 3.05) is 37.7 Å². The van der Waals surface area contributed by atoms with Crippen LogP contribution in [-0.2, 0) is 24.1 Å². The number of benzene rings is 1. The summed E-state index contributed by atoms with van der Waals surface area (Å²) in [5, 5.41) is 3.06. The number of fused-ring (bicyclic) bond motifs is 2. The lowest BCUT2D eigenvalue weighted by Gasteiger charge is -2.43. The molecule has 1 aliphatic carbocycles. The highest BCUT2D eigenvalue weighted by molar-refractivity contribution is 5.97. The largest absolute Gasteiger partial charge is 0.379 e. The normalized spacial score (nSPS) is 22.9. The molecule has 3 aliphatic rings. The molecule has 0 atom stereocenters. The Hall–Kier alpha value is -2.90. The summed E-state index contributed by atoms with van der Waals surface area (Å²) in [6.45, 7) is 9.09. The molecule has 0 unspecified atom stereocenters. The third-order valence-corrected chi connectivity index (χ3v) is 8.57. The van der Waals surface area contributed by atoms with E-state index >= 15 is 0 Å². The molecule has 0 bridgehead atoms.